The Kier molecular flexibility index (Phi) is 9.63. The number of alkyl halides is 3. The van der Waals surface area contributed by atoms with E-state index in [0.717, 1.165) is 24.2 Å². The third kappa shape index (κ3) is 7.27. The van der Waals surface area contributed by atoms with Crippen LogP contribution in [0.25, 0.3) is 22.3 Å². The van der Waals surface area contributed by atoms with E-state index in [1.54, 1.807) is 0 Å². The highest BCUT2D eigenvalue weighted by atomic mass is 32.7. The molecule has 0 amide bonds. The minimum Gasteiger partial charge on any atom is -0.369 e. The first-order valence-corrected chi connectivity index (χ1v) is 18.3. The zero-order valence-corrected chi connectivity index (χ0v) is 27.1. The molecule has 46 heavy (non-hydrogen) atoms. The molecule has 4 aromatic rings. The first-order chi connectivity index (χ1) is 21.5. The lowest BCUT2D eigenvalue weighted by Crippen LogP contribution is -2.30. The quantitative estimate of drug-likeness (QED) is 0.121. The van der Waals surface area contributed by atoms with E-state index in [1.807, 2.05) is 6.07 Å². The molecule has 0 aliphatic carbocycles. The molecule has 0 saturated carbocycles. The normalized spacial score (nSPS) is 23.0. The zero-order chi connectivity index (χ0) is 33.6. The van der Waals surface area contributed by atoms with Crippen molar-refractivity contribution in [2.45, 2.75) is 50.6 Å². The molecular weight excluding hydrogens is 701 g/mol. The van der Waals surface area contributed by atoms with Gasteiger partial charge in [0.15, 0.2) is 29.2 Å². The highest BCUT2D eigenvalue weighted by Crippen LogP contribution is 2.57. The van der Waals surface area contributed by atoms with Crippen molar-refractivity contribution in [3.8, 4) is 6.07 Å². The lowest BCUT2D eigenvalue weighted by Gasteiger charge is -2.24. The van der Waals surface area contributed by atoms with Crippen molar-refractivity contribution in [2.24, 2.45) is 0 Å². The molecular formula is C22H24F3N9O8P2S2. The number of fused-ring (bicyclic) bond motifs is 2. The van der Waals surface area contributed by atoms with E-state index in [-0.39, 0.29) is 39.7 Å². The minimum absolute atomic E-state index is 0.0108. The summed E-state index contributed by atoms with van der Waals surface area (Å²) in [6.45, 7) is -10.5. The van der Waals surface area contributed by atoms with Crippen molar-refractivity contribution in [3.05, 3.63) is 40.3 Å². The highest BCUT2D eigenvalue weighted by Gasteiger charge is 2.48. The Bertz CT molecular complexity index is 1990. The van der Waals surface area contributed by atoms with Crippen LogP contribution in [0, 0.1) is 11.3 Å². The number of aromatic amines is 1. The lowest BCUT2D eigenvalue weighted by molar-refractivity contribution is -0.0565. The summed E-state index contributed by atoms with van der Waals surface area (Å²) in [6, 6.07) is 3.13. The number of halogens is 3. The van der Waals surface area contributed by atoms with Crippen LogP contribution in [0.15, 0.2) is 23.4 Å². The number of rotatable bonds is 12. The standard InChI is InChI=1S/C22H24F3N9O8P2S2/c1-10-14(23)16(20(41-10)34-9-29-15-18(34)31-21(27)32-19(15)35)42-44(37,46)39-6-13-30-12-3-11(4-26)5-28-17(12)33(13)7-22(24,25)8-40-43(36,45)38-2/h3,5,9-10,14,16,20H,6-8H2,1-2H3,(H,36,45)(H,37,46)(H3,27,31,32,35)/t10-,14-,16-,20-,43?,44?/m1/s1. The van der Waals surface area contributed by atoms with E-state index in [9.17, 15) is 28.0 Å². The number of nitriles is 1. The monoisotopic (exact) mass is 725 g/mol. The molecule has 0 aromatic carbocycles. The Balaban J connectivity index is 1.40. The first-order valence-electron chi connectivity index (χ1n) is 12.9. The summed E-state index contributed by atoms with van der Waals surface area (Å²) >= 11 is 7.52. The maximum Gasteiger partial charge on any atom is 0.387 e. The fourth-order valence-electron chi connectivity index (χ4n) is 4.48. The largest absolute Gasteiger partial charge is 0.387 e. The van der Waals surface area contributed by atoms with E-state index in [0.29, 0.717) is 0 Å². The summed E-state index contributed by atoms with van der Waals surface area (Å²) in [6.07, 6.45) is -3.73. The van der Waals surface area contributed by atoms with Gasteiger partial charge in [-0.1, -0.05) is 24.5 Å². The third-order valence-corrected chi connectivity index (χ3v) is 9.93. The smallest absolute Gasteiger partial charge is 0.369 e. The number of imidazole rings is 2. The molecule has 5 heterocycles. The van der Waals surface area contributed by atoms with Crippen LogP contribution in [0.4, 0.5) is 19.1 Å². The molecule has 24 heteroatoms. The van der Waals surface area contributed by atoms with Gasteiger partial charge in [-0.2, -0.15) is 10.2 Å². The molecule has 1 aliphatic rings. The van der Waals surface area contributed by atoms with Gasteiger partial charge >= 0.3 is 13.6 Å². The van der Waals surface area contributed by atoms with Crippen LogP contribution in [0.1, 0.15) is 24.5 Å². The van der Waals surface area contributed by atoms with Crippen molar-refractivity contribution >= 4 is 66.4 Å². The molecule has 0 radical (unpaired) electrons. The molecule has 3 N–H and O–H groups in total. The van der Waals surface area contributed by atoms with Crippen molar-refractivity contribution < 1.29 is 45.1 Å². The van der Waals surface area contributed by atoms with Crippen LogP contribution in [0.3, 0.4) is 0 Å². The fraction of sp³-hybridized carbons (Fsp3) is 0.455. The van der Waals surface area contributed by atoms with Crippen LogP contribution in [-0.4, -0.2) is 72.1 Å². The van der Waals surface area contributed by atoms with Crippen LogP contribution in [0.2, 0.25) is 0 Å². The molecule has 6 atom stereocenters. The predicted molar refractivity (Wildman–Crippen MR) is 160 cm³/mol. The van der Waals surface area contributed by atoms with Gasteiger partial charge in [0.25, 0.3) is 11.5 Å². The average molecular weight is 726 g/mol. The second kappa shape index (κ2) is 12.9. The summed E-state index contributed by atoms with van der Waals surface area (Å²) in [5, 5.41) is 9.22. The van der Waals surface area contributed by atoms with Crippen molar-refractivity contribution in [1.82, 2.24) is 34.1 Å². The Morgan fingerprint density at radius 3 is 2.65 bits per heavy atom. The number of ether oxygens (including phenoxy) is 1. The number of nitrogens with zero attached hydrogens (tertiary/aromatic N) is 7. The Morgan fingerprint density at radius 1 is 1.22 bits per heavy atom. The SMILES string of the molecule is COP(=O)(S)OCC(F)(F)Cn1c(COP(=O)(S)O[C@@H]2[C@H](F)[C@@H](C)O[C@H]2n2cnc3c(=O)[nH]c(N)nc32)nc2cc(C#N)cnc21. The topological polar surface area (TPSA) is 224 Å². The van der Waals surface area contributed by atoms with Gasteiger partial charge in [0, 0.05) is 13.3 Å². The first kappa shape index (κ1) is 34.3. The van der Waals surface area contributed by atoms with Crippen LogP contribution >= 0.6 is 38.1 Å². The second-order valence-electron chi connectivity index (χ2n) is 9.84. The predicted octanol–water partition coefficient (Wildman–Crippen LogP) is 3.55. The fourth-order valence-corrected chi connectivity index (χ4v) is 6.48. The van der Waals surface area contributed by atoms with Gasteiger partial charge in [-0.05, 0) is 13.0 Å². The third-order valence-electron chi connectivity index (χ3n) is 6.59. The number of nitrogen functional groups attached to an aromatic ring is 1. The van der Waals surface area contributed by atoms with Crippen molar-refractivity contribution in [2.75, 3.05) is 19.5 Å². The van der Waals surface area contributed by atoms with Gasteiger partial charge in [0.05, 0.1) is 24.5 Å². The van der Waals surface area contributed by atoms with E-state index in [4.69, 9.17) is 19.5 Å². The molecule has 5 rings (SSSR count). The maximum atomic E-state index is 15.3. The summed E-state index contributed by atoms with van der Waals surface area (Å²) in [4.78, 5) is 30.7. The minimum atomic E-state index is -4.53. The van der Waals surface area contributed by atoms with Gasteiger partial charge in [-0.3, -0.25) is 27.9 Å². The van der Waals surface area contributed by atoms with Crippen LogP contribution in [0.5, 0.6) is 0 Å². The molecule has 2 unspecified atom stereocenters. The molecule has 17 nitrogen and oxygen atoms in total. The molecule has 4 aromatic heterocycles. The molecule has 248 valence electrons. The second-order valence-corrected chi connectivity index (χ2v) is 15.7. The van der Waals surface area contributed by atoms with Gasteiger partial charge < -0.3 is 19.6 Å². The summed E-state index contributed by atoms with van der Waals surface area (Å²) in [7, 11) is 0.969. The summed E-state index contributed by atoms with van der Waals surface area (Å²) < 4.78 is 98.2. The van der Waals surface area contributed by atoms with E-state index in [1.165, 1.54) is 17.6 Å². The number of hydrogen-bond donors (Lipinski definition) is 4. The number of thiol groups is 2. The van der Waals surface area contributed by atoms with Gasteiger partial charge in [0.1, 0.15) is 36.7 Å². The van der Waals surface area contributed by atoms with Crippen LogP contribution < -0.4 is 11.3 Å². The average Bonchev–Trinajstić information content (AvgIpc) is 3.64. The van der Waals surface area contributed by atoms with Crippen molar-refractivity contribution in [1.29, 1.82) is 5.26 Å². The lowest BCUT2D eigenvalue weighted by atomic mass is 10.2. The molecule has 0 bridgehead atoms. The Morgan fingerprint density at radius 2 is 1.96 bits per heavy atom. The molecule has 1 fully saturated rings. The summed E-state index contributed by atoms with van der Waals surface area (Å²) in [5.74, 6) is -4.22. The number of hydrogen-bond acceptors (Lipinski definition) is 14. The molecule has 1 saturated heterocycles. The number of aromatic nitrogens is 7. The summed E-state index contributed by atoms with van der Waals surface area (Å²) in [5.41, 5.74) is 4.74. The molecule has 1 aliphatic heterocycles. The Hall–Kier alpha value is -2.99. The number of H-pyrrole nitrogens is 1. The van der Waals surface area contributed by atoms with Gasteiger partial charge in [-0.25, -0.2) is 37.3 Å². The van der Waals surface area contributed by atoms with Gasteiger partial charge in [0.2, 0.25) is 5.95 Å². The highest BCUT2D eigenvalue weighted by molar-refractivity contribution is 8.44. The van der Waals surface area contributed by atoms with Gasteiger partial charge in [-0.15, -0.1) is 0 Å². The van der Waals surface area contributed by atoms with E-state index < -0.39 is 69.4 Å². The van der Waals surface area contributed by atoms with Crippen molar-refractivity contribution in [3.63, 3.8) is 0 Å². The molecule has 0 spiro atoms. The number of nitrogens with two attached hydrogens (primary N) is 1. The van der Waals surface area contributed by atoms with Crippen LogP contribution in [-0.2, 0) is 45.1 Å². The number of nitrogens with one attached hydrogen (secondary N) is 1. The van der Waals surface area contributed by atoms with E-state index >= 15 is 4.39 Å². The number of pyridine rings is 1. The zero-order valence-electron chi connectivity index (χ0n) is 23.6. The number of anilines is 1. The van der Waals surface area contributed by atoms with E-state index in [2.05, 4.69) is 58.5 Å². The Labute approximate surface area is 266 Å². The maximum absolute atomic E-state index is 15.3.